The molecule has 4 nitrogen and oxygen atoms in total. The standard InChI is InChI=1S/C22H28O4/c1-6-25-21(23)22(4,15-17-7-11-19(24-5)12-8-17)26-20-13-9-18(10-14-20)16(2)3/h7-14,16H,6,15H2,1-5H3. The number of carbonyl (C=O) groups excluding carboxylic acids is 1. The molecule has 1 unspecified atom stereocenters. The van der Waals surface area contributed by atoms with E-state index >= 15 is 0 Å². The molecule has 0 aliphatic heterocycles. The molecule has 0 fully saturated rings. The second kappa shape index (κ2) is 8.75. The second-order valence-corrected chi connectivity index (χ2v) is 6.80. The van der Waals surface area contributed by atoms with Crippen LogP contribution in [0.5, 0.6) is 11.5 Å². The van der Waals surface area contributed by atoms with E-state index in [1.807, 2.05) is 48.5 Å². The van der Waals surface area contributed by atoms with Crippen molar-refractivity contribution in [2.75, 3.05) is 13.7 Å². The van der Waals surface area contributed by atoms with Crippen LogP contribution in [0, 0.1) is 0 Å². The molecule has 2 rings (SSSR count). The van der Waals surface area contributed by atoms with E-state index in [4.69, 9.17) is 14.2 Å². The Hall–Kier alpha value is -2.49. The van der Waals surface area contributed by atoms with E-state index in [0.717, 1.165) is 11.3 Å². The van der Waals surface area contributed by atoms with Gasteiger partial charge in [-0.25, -0.2) is 4.79 Å². The summed E-state index contributed by atoms with van der Waals surface area (Å²) in [5, 5.41) is 0. The molecule has 0 N–H and O–H groups in total. The fraction of sp³-hybridized carbons (Fsp3) is 0.409. The zero-order valence-electron chi connectivity index (χ0n) is 16.2. The summed E-state index contributed by atoms with van der Waals surface area (Å²) in [5.74, 6) is 1.50. The summed E-state index contributed by atoms with van der Waals surface area (Å²) >= 11 is 0. The van der Waals surface area contributed by atoms with Crippen LogP contribution in [-0.4, -0.2) is 25.3 Å². The van der Waals surface area contributed by atoms with E-state index < -0.39 is 5.60 Å². The first-order valence-corrected chi connectivity index (χ1v) is 8.97. The highest BCUT2D eigenvalue weighted by atomic mass is 16.6. The Bertz CT molecular complexity index is 704. The third-order valence-electron chi connectivity index (χ3n) is 4.30. The van der Waals surface area contributed by atoms with Crippen molar-refractivity contribution in [2.45, 2.75) is 45.6 Å². The van der Waals surface area contributed by atoms with Gasteiger partial charge in [-0.3, -0.25) is 0 Å². The van der Waals surface area contributed by atoms with Gasteiger partial charge in [-0.1, -0.05) is 38.1 Å². The first kappa shape index (κ1) is 19.8. The predicted molar refractivity (Wildman–Crippen MR) is 103 cm³/mol. The summed E-state index contributed by atoms with van der Waals surface area (Å²) in [6.07, 6.45) is 0.405. The molecule has 26 heavy (non-hydrogen) atoms. The van der Waals surface area contributed by atoms with Crippen molar-refractivity contribution < 1.29 is 19.0 Å². The molecule has 0 saturated heterocycles. The molecule has 0 bridgehead atoms. The third kappa shape index (κ3) is 5.01. The van der Waals surface area contributed by atoms with Gasteiger partial charge in [-0.05, 0) is 55.2 Å². The van der Waals surface area contributed by atoms with Gasteiger partial charge in [0.2, 0.25) is 5.60 Å². The summed E-state index contributed by atoms with van der Waals surface area (Å²) in [6, 6.07) is 15.5. The Kier molecular flexibility index (Phi) is 6.67. The van der Waals surface area contributed by atoms with Crippen molar-refractivity contribution >= 4 is 5.97 Å². The number of hydrogen-bond acceptors (Lipinski definition) is 4. The fourth-order valence-electron chi connectivity index (χ4n) is 2.75. The first-order chi connectivity index (χ1) is 12.4. The lowest BCUT2D eigenvalue weighted by atomic mass is 9.96. The normalized spacial score (nSPS) is 13.2. The Balaban J connectivity index is 2.24. The van der Waals surface area contributed by atoms with Crippen molar-refractivity contribution in [3.63, 3.8) is 0 Å². The SMILES string of the molecule is CCOC(=O)C(C)(Cc1ccc(OC)cc1)Oc1ccc(C(C)C)cc1. The largest absolute Gasteiger partial charge is 0.497 e. The van der Waals surface area contributed by atoms with Crippen LogP contribution in [0.4, 0.5) is 0 Å². The number of rotatable bonds is 8. The highest BCUT2D eigenvalue weighted by Gasteiger charge is 2.37. The lowest BCUT2D eigenvalue weighted by Crippen LogP contribution is -2.45. The molecular weight excluding hydrogens is 328 g/mol. The smallest absolute Gasteiger partial charge is 0.350 e. The van der Waals surface area contributed by atoms with E-state index in [0.29, 0.717) is 24.7 Å². The molecule has 4 heteroatoms. The number of carbonyl (C=O) groups is 1. The number of benzene rings is 2. The molecule has 0 amide bonds. The zero-order valence-corrected chi connectivity index (χ0v) is 16.2. The van der Waals surface area contributed by atoms with Crippen molar-refractivity contribution in [1.82, 2.24) is 0 Å². The van der Waals surface area contributed by atoms with Gasteiger partial charge in [0.1, 0.15) is 11.5 Å². The molecule has 140 valence electrons. The Morgan fingerprint density at radius 2 is 1.58 bits per heavy atom. The van der Waals surface area contributed by atoms with Crippen LogP contribution in [0.25, 0.3) is 0 Å². The molecule has 0 heterocycles. The number of hydrogen-bond donors (Lipinski definition) is 0. The molecular formula is C22H28O4. The average Bonchev–Trinajstić information content (AvgIpc) is 2.63. The van der Waals surface area contributed by atoms with Crippen LogP contribution >= 0.6 is 0 Å². The van der Waals surface area contributed by atoms with Crippen LogP contribution in [0.2, 0.25) is 0 Å². The van der Waals surface area contributed by atoms with E-state index in [1.54, 1.807) is 21.0 Å². The highest BCUT2D eigenvalue weighted by Crippen LogP contribution is 2.26. The maximum atomic E-state index is 12.6. The Morgan fingerprint density at radius 1 is 1.00 bits per heavy atom. The maximum Gasteiger partial charge on any atom is 0.350 e. The minimum absolute atomic E-state index is 0.312. The van der Waals surface area contributed by atoms with Gasteiger partial charge in [-0.15, -0.1) is 0 Å². The molecule has 0 aliphatic rings. The lowest BCUT2D eigenvalue weighted by Gasteiger charge is -2.29. The van der Waals surface area contributed by atoms with E-state index in [2.05, 4.69) is 13.8 Å². The van der Waals surface area contributed by atoms with Gasteiger partial charge < -0.3 is 14.2 Å². The molecule has 0 aliphatic carbocycles. The molecule has 1 atom stereocenters. The summed E-state index contributed by atoms with van der Waals surface area (Å²) in [7, 11) is 1.63. The van der Waals surface area contributed by atoms with Gasteiger partial charge in [0.15, 0.2) is 0 Å². The van der Waals surface area contributed by atoms with Gasteiger partial charge in [0, 0.05) is 6.42 Å². The number of esters is 1. The van der Waals surface area contributed by atoms with E-state index in [9.17, 15) is 4.79 Å². The quantitative estimate of drug-likeness (QED) is 0.640. The molecule has 0 radical (unpaired) electrons. The molecule has 0 saturated carbocycles. The zero-order chi connectivity index (χ0) is 19.2. The molecule has 0 aromatic heterocycles. The van der Waals surface area contributed by atoms with E-state index in [-0.39, 0.29) is 5.97 Å². The fourth-order valence-corrected chi connectivity index (χ4v) is 2.75. The number of ether oxygens (including phenoxy) is 3. The van der Waals surface area contributed by atoms with Crippen molar-refractivity contribution in [3.05, 3.63) is 59.7 Å². The van der Waals surface area contributed by atoms with Crippen molar-refractivity contribution in [1.29, 1.82) is 0 Å². The Morgan fingerprint density at radius 3 is 2.08 bits per heavy atom. The van der Waals surface area contributed by atoms with Crippen LogP contribution in [-0.2, 0) is 16.0 Å². The second-order valence-electron chi connectivity index (χ2n) is 6.80. The van der Waals surface area contributed by atoms with Crippen molar-refractivity contribution in [3.8, 4) is 11.5 Å². The minimum atomic E-state index is -1.11. The summed E-state index contributed by atoms with van der Waals surface area (Å²) < 4.78 is 16.6. The van der Waals surface area contributed by atoms with Gasteiger partial charge >= 0.3 is 5.97 Å². The van der Waals surface area contributed by atoms with Crippen LogP contribution in [0.1, 0.15) is 44.7 Å². The van der Waals surface area contributed by atoms with Gasteiger partial charge in [-0.2, -0.15) is 0 Å². The van der Waals surface area contributed by atoms with Crippen LogP contribution < -0.4 is 9.47 Å². The summed E-state index contributed by atoms with van der Waals surface area (Å²) in [6.45, 7) is 8.16. The van der Waals surface area contributed by atoms with Gasteiger partial charge in [0.05, 0.1) is 13.7 Å². The summed E-state index contributed by atoms with van der Waals surface area (Å²) in [4.78, 5) is 12.6. The summed E-state index contributed by atoms with van der Waals surface area (Å²) in [5.41, 5.74) is 1.09. The molecule has 2 aromatic carbocycles. The minimum Gasteiger partial charge on any atom is -0.497 e. The highest BCUT2D eigenvalue weighted by molar-refractivity contribution is 5.80. The lowest BCUT2D eigenvalue weighted by molar-refractivity contribution is -0.160. The maximum absolute atomic E-state index is 12.6. The predicted octanol–water partition coefficient (Wildman–Crippen LogP) is 4.76. The first-order valence-electron chi connectivity index (χ1n) is 8.97. The third-order valence-corrected chi connectivity index (χ3v) is 4.30. The van der Waals surface area contributed by atoms with Gasteiger partial charge in [0.25, 0.3) is 0 Å². The number of methoxy groups -OCH3 is 1. The topological polar surface area (TPSA) is 44.8 Å². The van der Waals surface area contributed by atoms with E-state index in [1.165, 1.54) is 5.56 Å². The Labute approximate surface area is 156 Å². The average molecular weight is 356 g/mol. The van der Waals surface area contributed by atoms with Crippen LogP contribution in [0.3, 0.4) is 0 Å². The van der Waals surface area contributed by atoms with Crippen molar-refractivity contribution in [2.24, 2.45) is 0 Å². The monoisotopic (exact) mass is 356 g/mol. The molecule has 2 aromatic rings. The molecule has 0 spiro atoms. The van der Waals surface area contributed by atoms with Crippen LogP contribution in [0.15, 0.2) is 48.5 Å².